The van der Waals surface area contributed by atoms with Gasteiger partial charge in [0.25, 0.3) is 0 Å². The lowest BCUT2D eigenvalue weighted by Gasteiger charge is -2.21. The molecule has 0 amide bonds. The number of benzene rings is 11. The summed E-state index contributed by atoms with van der Waals surface area (Å²) in [6.45, 7) is 0. The van der Waals surface area contributed by atoms with Crippen molar-refractivity contribution in [3.8, 4) is 86.3 Å². The molecule has 13 rings (SSSR count). The first kappa shape index (κ1) is 40.2. The maximum absolute atomic E-state index is 2.45. The zero-order valence-electron chi connectivity index (χ0n) is 37.1. The van der Waals surface area contributed by atoms with Crippen LogP contribution in [0.15, 0.2) is 255 Å². The van der Waals surface area contributed by atoms with Crippen LogP contribution >= 0.6 is 22.7 Å². The van der Waals surface area contributed by atoms with Crippen LogP contribution in [-0.2, 0) is 0 Å². The van der Waals surface area contributed by atoms with Gasteiger partial charge in [-0.25, -0.2) is 0 Å². The fourth-order valence-corrected chi connectivity index (χ4v) is 12.2. The summed E-state index contributed by atoms with van der Waals surface area (Å²) in [4.78, 5) is 5.11. The first-order chi connectivity index (χ1) is 33.7. The van der Waals surface area contributed by atoms with Crippen LogP contribution in [0.3, 0.4) is 0 Å². The Morgan fingerprint density at radius 2 is 0.515 bits per heavy atom. The Bertz CT molecular complexity index is 3710. The summed E-state index contributed by atoms with van der Waals surface area (Å²) in [5.74, 6) is 0. The van der Waals surface area contributed by atoms with Crippen molar-refractivity contribution in [1.29, 1.82) is 0 Å². The maximum atomic E-state index is 2.45. The molecule has 0 aliphatic carbocycles. The Labute approximate surface area is 404 Å². The quantitative estimate of drug-likeness (QED) is 0.133. The second-order valence-electron chi connectivity index (χ2n) is 17.5. The smallest absolute Gasteiger partial charge is 0.0349 e. The number of fused-ring (bicyclic) bond motifs is 4. The van der Waals surface area contributed by atoms with Crippen LogP contribution in [0.5, 0.6) is 0 Å². The molecule has 0 aliphatic rings. The van der Waals surface area contributed by atoms with Crippen molar-refractivity contribution in [3.63, 3.8) is 0 Å². The van der Waals surface area contributed by atoms with E-state index >= 15 is 0 Å². The SMILES string of the molecule is c1ccc(-c2ccc(-c3ccc(-c4ccc5c(-c6cccc7ccccc67)c6cc(-c7ccc(-c8ccc(-c9ccccc9)s8)cc7)ccc6c(-c6cccc7ccccc67)c5c4)cc3)s2)cc1. The molecule has 11 aromatic carbocycles. The van der Waals surface area contributed by atoms with Gasteiger partial charge in [0.15, 0.2) is 0 Å². The highest BCUT2D eigenvalue weighted by Gasteiger charge is 2.21. The molecule has 68 heavy (non-hydrogen) atoms. The monoisotopic (exact) mass is 898 g/mol. The van der Waals surface area contributed by atoms with Gasteiger partial charge in [0, 0.05) is 19.5 Å². The van der Waals surface area contributed by atoms with Gasteiger partial charge in [-0.15, -0.1) is 22.7 Å². The summed E-state index contributed by atoms with van der Waals surface area (Å²) >= 11 is 3.69. The molecule has 0 aliphatic heterocycles. The fraction of sp³-hybridized carbons (Fsp3) is 0. The van der Waals surface area contributed by atoms with Crippen LogP contribution < -0.4 is 0 Å². The Balaban J connectivity index is 1.00. The van der Waals surface area contributed by atoms with E-state index in [1.54, 1.807) is 0 Å². The minimum absolute atomic E-state index is 1.20. The standard InChI is InChI=1S/C66H42S2/c1-3-15-47(16-4-1)61-37-39-63(67-61)49-29-25-43(26-30-49)51-33-35-57-59(41-51)65(55-23-11-19-45-13-7-9-21-53(45)55)58-36-34-52(42-60(58)66(57)56-24-12-20-46-14-8-10-22-54(46)56)44-27-31-50(32-28-44)64-40-38-62(68-64)48-17-5-2-6-18-48/h1-42H. The van der Waals surface area contributed by atoms with E-state index in [9.17, 15) is 0 Å². The van der Waals surface area contributed by atoms with Gasteiger partial charge >= 0.3 is 0 Å². The molecular weight excluding hydrogens is 857 g/mol. The van der Waals surface area contributed by atoms with Crippen molar-refractivity contribution < 1.29 is 0 Å². The molecule has 0 atom stereocenters. The number of rotatable bonds is 8. The molecule has 0 unspecified atom stereocenters. The summed E-state index contributed by atoms with van der Waals surface area (Å²) in [6.07, 6.45) is 0. The molecule has 0 spiro atoms. The third-order valence-corrected chi connectivity index (χ3v) is 15.9. The number of hydrogen-bond donors (Lipinski definition) is 0. The molecule has 13 aromatic rings. The average Bonchev–Trinajstić information content (AvgIpc) is 4.13. The molecule has 0 fully saturated rings. The van der Waals surface area contributed by atoms with E-state index in [-0.39, 0.29) is 0 Å². The van der Waals surface area contributed by atoms with E-state index in [2.05, 4.69) is 255 Å². The molecule has 0 radical (unpaired) electrons. The molecule has 0 nitrogen and oxygen atoms in total. The largest absolute Gasteiger partial charge is 0.135 e. The Morgan fingerprint density at radius 3 is 0.926 bits per heavy atom. The number of thiophene rings is 2. The van der Waals surface area contributed by atoms with Gasteiger partial charge in [-0.1, -0.05) is 218 Å². The predicted octanol–water partition coefficient (Wildman–Crippen LogP) is 19.8. The van der Waals surface area contributed by atoms with Crippen LogP contribution in [0.2, 0.25) is 0 Å². The lowest BCUT2D eigenvalue weighted by molar-refractivity contribution is 1.63. The summed E-state index contributed by atoms with van der Waals surface area (Å²) in [7, 11) is 0. The highest BCUT2D eigenvalue weighted by Crippen LogP contribution is 2.49. The third-order valence-electron chi connectivity index (χ3n) is 13.6. The molecule has 0 bridgehead atoms. The lowest BCUT2D eigenvalue weighted by Crippen LogP contribution is -1.94. The highest BCUT2D eigenvalue weighted by atomic mass is 32.1. The molecule has 0 N–H and O–H groups in total. The predicted molar refractivity (Wildman–Crippen MR) is 296 cm³/mol. The molecule has 318 valence electrons. The molecular formula is C66H42S2. The molecule has 0 saturated carbocycles. The van der Waals surface area contributed by atoms with Crippen LogP contribution in [0, 0.1) is 0 Å². The van der Waals surface area contributed by atoms with Crippen molar-refractivity contribution in [2.45, 2.75) is 0 Å². The van der Waals surface area contributed by atoms with Crippen LogP contribution in [0.4, 0.5) is 0 Å². The molecule has 2 heterocycles. The first-order valence-electron chi connectivity index (χ1n) is 23.2. The minimum atomic E-state index is 1.20. The fourth-order valence-electron chi connectivity index (χ4n) is 10.2. The Hall–Kier alpha value is -8.14. The van der Waals surface area contributed by atoms with Crippen molar-refractivity contribution >= 4 is 65.8 Å². The van der Waals surface area contributed by atoms with Gasteiger partial charge in [-0.2, -0.15) is 0 Å². The van der Waals surface area contributed by atoms with Crippen LogP contribution in [0.25, 0.3) is 129 Å². The zero-order valence-corrected chi connectivity index (χ0v) is 38.7. The van der Waals surface area contributed by atoms with E-state index in [0.717, 1.165) is 0 Å². The second-order valence-corrected chi connectivity index (χ2v) is 19.7. The summed E-state index contributed by atoms with van der Waals surface area (Å²) in [6, 6.07) is 94.2. The topological polar surface area (TPSA) is 0 Å². The summed E-state index contributed by atoms with van der Waals surface area (Å²) in [5.41, 5.74) is 14.8. The minimum Gasteiger partial charge on any atom is -0.135 e. The van der Waals surface area contributed by atoms with E-state index in [1.165, 1.54) is 129 Å². The van der Waals surface area contributed by atoms with Gasteiger partial charge in [0.1, 0.15) is 0 Å². The lowest BCUT2D eigenvalue weighted by atomic mass is 9.82. The van der Waals surface area contributed by atoms with Gasteiger partial charge in [0.2, 0.25) is 0 Å². The first-order valence-corrected chi connectivity index (χ1v) is 24.9. The van der Waals surface area contributed by atoms with E-state index in [1.807, 2.05) is 22.7 Å². The van der Waals surface area contributed by atoms with Crippen molar-refractivity contribution in [3.05, 3.63) is 255 Å². The Morgan fingerprint density at radius 1 is 0.191 bits per heavy atom. The van der Waals surface area contributed by atoms with Crippen molar-refractivity contribution in [1.82, 2.24) is 0 Å². The van der Waals surface area contributed by atoms with Gasteiger partial charge in [-0.05, 0) is 146 Å². The summed E-state index contributed by atoms with van der Waals surface area (Å²) < 4.78 is 0. The van der Waals surface area contributed by atoms with Gasteiger partial charge in [-0.3, -0.25) is 0 Å². The summed E-state index contributed by atoms with van der Waals surface area (Å²) in [5, 5.41) is 9.93. The molecule has 0 saturated heterocycles. The van der Waals surface area contributed by atoms with Crippen LogP contribution in [-0.4, -0.2) is 0 Å². The van der Waals surface area contributed by atoms with Crippen LogP contribution in [0.1, 0.15) is 0 Å². The molecule has 2 heteroatoms. The molecule has 2 aromatic heterocycles. The Kier molecular flexibility index (Phi) is 10.0. The zero-order chi connectivity index (χ0) is 45.0. The van der Waals surface area contributed by atoms with E-state index in [4.69, 9.17) is 0 Å². The van der Waals surface area contributed by atoms with Gasteiger partial charge < -0.3 is 0 Å². The normalized spacial score (nSPS) is 11.5. The second kappa shape index (κ2) is 16.9. The average molecular weight is 899 g/mol. The van der Waals surface area contributed by atoms with E-state index in [0.29, 0.717) is 0 Å². The van der Waals surface area contributed by atoms with Crippen molar-refractivity contribution in [2.75, 3.05) is 0 Å². The number of hydrogen-bond acceptors (Lipinski definition) is 2. The van der Waals surface area contributed by atoms with Crippen molar-refractivity contribution in [2.24, 2.45) is 0 Å². The maximum Gasteiger partial charge on any atom is 0.0349 e. The van der Waals surface area contributed by atoms with E-state index < -0.39 is 0 Å². The third kappa shape index (κ3) is 7.14. The highest BCUT2D eigenvalue weighted by molar-refractivity contribution is 7.19. The van der Waals surface area contributed by atoms with Gasteiger partial charge in [0.05, 0.1) is 0 Å².